The van der Waals surface area contributed by atoms with Gasteiger partial charge in [0.1, 0.15) is 15.6 Å². The number of hydrogen-bond acceptors (Lipinski definition) is 6. The number of aliphatic hydroxyl groups excluding tert-OH is 1. The van der Waals surface area contributed by atoms with Gasteiger partial charge in [-0.2, -0.15) is 0 Å². The third-order valence-corrected chi connectivity index (χ3v) is 3.60. The number of ether oxygens (including phenoxy) is 1. The minimum atomic E-state index is -3.04. The molecule has 0 radical (unpaired) electrons. The predicted molar refractivity (Wildman–Crippen MR) is 73.6 cm³/mol. The zero-order valence-electron chi connectivity index (χ0n) is 11.3. The van der Waals surface area contributed by atoms with Gasteiger partial charge in [-0.05, 0) is 19.4 Å². The van der Waals surface area contributed by atoms with Gasteiger partial charge in [0.15, 0.2) is 0 Å². The lowest BCUT2D eigenvalue weighted by atomic mass is 10.1. The van der Waals surface area contributed by atoms with Gasteiger partial charge in [0, 0.05) is 24.0 Å². The van der Waals surface area contributed by atoms with Gasteiger partial charge in [0.25, 0.3) is 5.69 Å². The van der Waals surface area contributed by atoms with E-state index >= 15 is 0 Å². The standard InChI is InChI=1S/C12H17NO6S/c1-9(14)11-8-10(13(15)16)4-5-12(11)19-6-3-7-20(2,17)18/h4-5,8-9,14H,3,6-7H2,1-2H3/t9-/m0/s1. The number of nitro groups is 1. The highest BCUT2D eigenvalue weighted by Gasteiger charge is 2.15. The average molecular weight is 303 g/mol. The van der Waals surface area contributed by atoms with Gasteiger partial charge < -0.3 is 9.84 Å². The van der Waals surface area contributed by atoms with Crippen LogP contribution in [0.4, 0.5) is 5.69 Å². The van der Waals surface area contributed by atoms with Crippen molar-refractivity contribution in [1.82, 2.24) is 0 Å². The molecule has 1 atom stereocenters. The summed E-state index contributed by atoms with van der Waals surface area (Å²) in [4.78, 5) is 10.1. The van der Waals surface area contributed by atoms with E-state index in [0.29, 0.717) is 17.7 Å². The summed E-state index contributed by atoms with van der Waals surface area (Å²) >= 11 is 0. The van der Waals surface area contributed by atoms with Gasteiger partial charge >= 0.3 is 0 Å². The Morgan fingerprint density at radius 2 is 2.10 bits per heavy atom. The minimum Gasteiger partial charge on any atom is -0.493 e. The second kappa shape index (κ2) is 6.67. The summed E-state index contributed by atoms with van der Waals surface area (Å²) in [6.45, 7) is 1.63. The molecule has 7 nitrogen and oxygen atoms in total. The monoisotopic (exact) mass is 303 g/mol. The van der Waals surface area contributed by atoms with Gasteiger partial charge in [-0.25, -0.2) is 8.42 Å². The number of nitro benzene ring substituents is 1. The Morgan fingerprint density at radius 3 is 2.60 bits per heavy atom. The molecule has 0 heterocycles. The smallest absolute Gasteiger partial charge is 0.270 e. The van der Waals surface area contributed by atoms with Gasteiger partial charge in [0.05, 0.1) is 23.4 Å². The van der Waals surface area contributed by atoms with Crippen LogP contribution in [0.1, 0.15) is 25.0 Å². The Kier molecular flexibility index (Phi) is 5.46. The number of rotatable bonds is 7. The molecule has 0 aliphatic heterocycles. The molecule has 1 aromatic rings. The maximum Gasteiger partial charge on any atom is 0.270 e. The summed E-state index contributed by atoms with van der Waals surface area (Å²) in [5, 5.41) is 20.3. The molecule has 0 aliphatic carbocycles. The molecule has 0 aromatic heterocycles. The first-order chi connectivity index (χ1) is 9.20. The van der Waals surface area contributed by atoms with E-state index in [0.717, 1.165) is 6.26 Å². The van der Waals surface area contributed by atoms with Crippen LogP contribution in [0.15, 0.2) is 18.2 Å². The number of nitrogens with zero attached hydrogens (tertiary/aromatic N) is 1. The second-order valence-corrected chi connectivity index (χ2v) is 6.75. The summed E-state index contributed by atoms with van der Waals surface area (Å²) < 4.78 is 27.3. The molecule has 0 spiro atoms. The lowest BCUT2D eigenvalue weighted by molar-refractivity contribution is -0.385. The van der Waals surface area contributed by atoms with Crippen molar-refractivity contribution in [3.05, 3.63) is 33.9 Å². The summed E-state index contributed by atoms with van der Waals surface area (Å²) in [6.07, 6.45) is 0.537. The zero-order chi connectivity index (χ0) is 15.3. The average Bonchev–Trinajstić information content (AvgIpc) is 2.33. The Hall–Kier alpha value is -1.67. The van der Waals surface area contributed by atoms with E-state index < -0.39 is 20.9 Å². The van der Waals surface area contributed by atoms with Crippen LogP contribution < -0.4 is 4.74 Å². The molecule has 1 rings (SSSR count). The van der Waals surface area contributed by atoms with Crippen LogP contribution in [0.3, 0.4) is 0 Å². The normalized spacial score (nSPS) is 12.9. The molecule has 0 bridgehead atoms. The highest BCUT2D eigenvalue weighted by atomic mass is 32.2. The topological polar surface area (TPSA) is 107 Å². The Balaban J connectivity index is 2.77. The number of sulfone groups is 1. The van der Waals surface area contributed by atoms with Gasteiger partial charge in [-0.15, -0.1) is 0 Å². The van der Waals surface area contributed by atoms with Crippen molar-refractivity contribution in [3.63, 3.8) is 0 Å². The molecular formula is C12H17NO6S. The molecular weight excluding hydrogens is 286 g/mol. The molecule has 0 fully saturated rings. The summed E-state index contributed by atoms with van der Waals surface area (Å²) in [5.41, 5.74) is 0.169. The van der Waals surface area contributed by atoms with E-state index in [9.17, 15) is 23.6 Å². The van der Waals surface area contributed by atoms with E-state index in [1.165, 1.54) is 25.1 Å². The van der Waals surface area contributed by atoms with Crippen LogP contribution in [0.25, 0.3) is 0 Å². The molecule has 8 heteroatoms. The lowest BCUT2D eigenvalue weighted by Crippen LogP contribution is -2.09. The van der Waals surface area contributed by atoms with Crippen LogP contribution in [0, 0.1) is 10.1 Å². The first-order valence-electron chi connectivity index (χ1n) is 5.97. The number of hydrogen-bond donors (Lipinski definition) is 1. The largest absolute Gasteiger partial charge is 0.493 e. The maximum absolute atomic E-state index is 11.0. The van der Waals surface area contributed by atoms with E-state index in [4.69, 9.17) is 4.74 Å². The molecule has 0 unspecified atom stereocenters. The Morgan fingerprint density at radius 1 is 1.45 bits per heavy atom. The number of non-ortho nitro benzene ring substituents is 1. The molecule has 0 saturated heterocycles. The maximum atomic E-state index is 11.0. The fraction of sp³-hybridized carbons (Fsp3) is 0.500. The van der Waals surface area contributed by atoms with Crippen LogP contribution in [-0.4, -0.2) is 37.1 Å². The van der Waals surface area contributed by atoms with Crippen molar-refractivity contribution in [2.24, 2.45) is 0 Å². The highest BCUT2D eigenvalue weighted by Crippen LogP contribution is 2.29. The first-order valence-corrected chi connectivity index (χ1v) is 8.03. The molecule has 1 aromatic carbocycles. The number of benzene rings is 1. The van der Waals surface area contributed by atoms with E-state index in [1.807, 2.05) is 0 Å². The minimum absolute atomic E-state index is 0.00396. The fourth-order valence-corrected chi connectivity index (χ4v) is 2.25. The van der Waals surface area contributed by atoms with Crippen LogP contribution >= 0.6 is 0 Å². The van der Waals surface area contributed by atoms with E-state index in [1.54, 1.807) is 0 Å². The third kappa shape index (κ3) is 5.14. The van der Waals surface area contributed by atoms with Crippen LogP contribution in [-0.2, 0) is 9.84 Å². The van der Waals surface area contributed by atoms with Crippen molar-refractivity contribution < 1.29 is 23.2 Å². The highest BCUT2D eigenvalue weighted by molar-refractivity contribution is 7.90. The molecule has 1 N–H and O–H groups in total. The first kappa shape index (κ1) is 16.4. The molecule has 20 heavy (non-hydrogen) atoms. The fourth-order valence-electron chi connectivity index (χ4n) is 1.61. The molecule has 112 valence electrons. The summed E-state index contributed by atoms with van der Waals surface area (Å²) in [6, 6.07) is 3.93. The van der Waals surface area contributed by atoms with Crippen molar-refractivity contribution in [2.45, 2.75) is 19.4 Å². The quantitative estimate of drug-likeness (QED) is 0.464. The van der Waals surface area contributed by atoms with Crippen LogP contribution in [0.2, 0.25) is 0 Å². The third-order valence-electron chi connectivity index (χ3n) is 2.57. The van der Waals surface area contributed by atoms with Crippen molar-refractivity contribution in [1.29, 1.82) is 0 Å². The number of aliphatic hydroxyl groups is 1. The van der Waals surface area contributed by atoms with Crippen molar-refractivity contribution >= 4 is 15.5 Å². The van der Waals surface area contributed by atoms with Gasteiger partial charge in [-0.1, -0.05) is 0 Å². The summed E-state index contributed by atoms with van der Waals surface area (Å²) in [7, 11) is -3.04. The lowest BCUT2D eigenvalue weighted by Gasteiger charge is -2.13. The molecule has 0 aliphatic rings. The van der Waals surface area contributed by atoms with Crippen molar-refractivity contribution in [2.75, 3.05) is 18.6 Å². The van der Waals surface area contributed by atoms with Crippen molar-refractivity contribution in [3.8, 4) is 5.75 Å². The van der Waals surface area contributed by atoms with Crippen LogP contribution in [0.5, 0.6) is 5.75 Å². The summed E-state index contributed by atoms with van der Waals surface area (Å²) in [5.74, 6) is 0.323. The second-order valence-electron chi connectivity index (χ2n) is 4.49. The SMILES string of the molecule is C[C@H](O)c1cc([N+](=O)[O-])ccc1OCCCS(C)(=O)=O. The predicted octanol–water partition coefficient (Wildman–Crippen LogP) is 1.46. The molecule has 0 amide bonds. The van der Waals surface area contributed by atoms with Gasteiger partial charge in [0.2, 0.25) is 0 Å². The Labute approximate surface area is 117 Å². The zero-order valence-corrected chi connectivity index (χ0v) is 12.1. The van der Waals surface area contributed by atoms with Gasteiger partial charge in [-0.3, -0.25) is 10.1 Å². The van der Waals surface area contributed by atoms with E-state index in [2.05, 4.69) is 0 Å². The molecule has 0 saturated carbocycles. The Bertz CT molecular complexity index is 582. The van der Waals surface area contributed by atoms with E-state index in [-0.39, 0.29) is 18.0 Å².